The van der Waals surface area contributed by atoms with Crippen molar-refractivity contribution in [1.29, 1.82) is 0 Å². The Labute approximate surface area is 164 Å². The lowest BCUT2D eigenvalue weighted by Gasteiger charge is -2.22. The van der Waals surface area contributed by atoms with Gasteiger partial charge in [-0.2, -0.15) is 4.72 Å². The van der Waals surface area contributed by atoms with Crippen LogP contribution in [0.5, 0.6) is 5.75 Å². The van der Waals surface area contributed by atoms with Crippen LogP contribution in [0.25, 0.3) is 0 Å². The molecule has 0 unspecified atom stereocenters. The Balaban J connectivity index is 2.13. The van der Waals surface area contributed by atoms with E-state index in [1.54, 1.807) is 39.2 Å². The average Bonchev–Trinajstić information content (AvgIpc) is 2.64. The molecule has 0 aliphatic carbocycles. The molecular formula is C19H23ClN2O4S. The predicted octanol–water partition coefficient (Wildman–Crippen LogP) is 2.97. The van der Waals surface area contributed by atoms with Crippen LogP contribution in [0.15, 0.2) is 53.4 Å². The van der Waals surface area contributed by atoms with E-state index < -0.39 is 22.0 Å². The van der Waals surface area contributed by atoms with Gasteiger partial charge in [0.2, 0.25) is 15.9 Å². The number of methoxy groups -OCH3 is 1. The normalized spacial score (nSPS) is 12.6. The summed E-state index contributed by atoms with van der Waals surface area (Å²) in [6.07, 6.45) is 0. The number of ether oxygens (including phenoxy) is 1. The summed E-state index contributed by atoms with van der Waals surface area (Å²) in [7, 11) is -2.34. The summed E-state index contributed by atoms with van der Waals surface area (Å²) in [4.78, 5) is 12.6. The molecule has 0 saturated carbocycles. The first-order chi connectivity index (χ1) is 12.7. The Morgan fingerprint density at radius 2 is 1.85 bits per heavy atom. The number of nitrogens with one attached hydrogen (secondary N) is 2. The summed E-state index contributed by atoms with van der Waals surface area (Å²) >= 11 is 5.88. The maximum Gasteiger partial charge on any atom is 0.241 e. The topological polar surface area (TPSA) is 84.5 Å². The quantitative estimate of drug-likeness (QED) is 0.700. The SMILES string of the molecule is COc1ccccc1CNC(=O)[C@@H](NS(=O)(=O)c1cccc(Cl)c1)C(C)C. The van der Waals surface area contributed by atoms with E-state index in [9.17, 15) is 13.2 Å². The van der Waals surface area contributed by atoms with Crippen molar-refractivity contribution in [1.82, 2.24) is 10.0 Å². The van der Waals surface area contributed by atoms with Gasteiger partial charge in [-0.25, -0.2) is 8.42 Å². The summed E-state index contributed by atoms with van der Waals surface area (Å²) in [5.74, 6) is -0.0171. The molecule has 2 aromatic rings. The summed E-state index contributed by atoms with van der Waals surface area (Å²) in [5.41, 5.74) is 0.800. The van der Waals surface area contributed by atoms with E-state index in [1.807, 2.05) is 18.2 Å². The van der Waals surface area contributed by atoms with Gasteiger partial charge in [0, 0.05) is 17.1 Å². The number of para-hydroxylation sites is 1. The van der Waals surface area contributed by atoms with E-state index >= 15 is 0 Å². The van der Waals surface area contributed by atoms with Gasteiger partial charge in [0.05, 0.1) is 12.0 Å². The maximum absolute atomic E-state index is 12.6. The monoisotopic (exact) mass is 410 g/mol. The Hall–Kier alpha value is -2.09. The van der Waals surface area contributed by atoms with Crippen LogP contribution >= 0.6 is 11.6 Å². The molecule has 0 radical (unpaired) electrons. The van der Waals surface area contributed by atoms with Crippen LogP contribution in [0, 0.1) is 5.92 Å². The lowest BCUT2D eigenvalue weighted by atomic mass is 10.0. The minimum atomic E-state index is -3.89. The van der Waals surface area contributed by atoms with E-state index in [0.29, 0.717) is 10.8 Å². The van der Waals surface area contributed by atoms with Crippen LogP contribution in [-0.2, 0) is 21.4 Å². The van der Waals surface area contributed by atoms with E-state index in [0.717, 1.165) is 5.56 Å². The molecule has 27 heavy (non-hydrogen) atoms. The minimum absolute atomic E-state index is 0.0122. The van der Waals surface area contributed by atoms with Crippen LogP contribution in [0.3, 0.4) is 0 Å². The van der Waals surface area contributed by atoms with Crippen molar-refractivity contribution >= 4 is 27.5 Å². The van der Waals surface area contributed by atoms with Crippen molar-refractivity contribution in [3.8, 4) is 5.75 Å². The predicted molar refractivity (Wildman–Crippen MR) is 105 cm³/mol. The molecule has 8 heteroatoms. The van der Waals surface area contributed by atoms with Crippen LogP contribution in [0.4, 0.5) is 0 Å². The average molecular weight is 411 g/mol. The van der Waals surface area contributed by atoms with Gasteiger partial charge in [-0.1, -0.05) is 49.7 Å². The van der Waals surface area contributed by atoms with Gasteiger partial charge in [0.1, 0.15) is 11.8 Å². The summed E-state index contributed by atoms with van der Waals surface area (Å²) in [6.45, 7) is 3.77. The van der Waals surface area contributed by atoms with Gasteiger partial charge in [-0.15, -0.1) is 0 Å². The zero-order valence-electron chi connectivity index (χ0n) is 15.4. The number of rotatable bonds is 8. The highest BCUT2D eigenvalue weighted by molar-refractivity contribution is 7.89. The van der Waals surface area contributed by atoms with Crippen molar-refractivity contribution in [2.45, 2.75) is 31.3 Å². The second-order valence-electron chi connectivity index (χ2n) is 6.33. The van der Waals surface area contributed by atoms with Crippen LogP contribution in [-0.4, -0.2) is 27.5 Å². The van der Waals surface area contributed by atoms with Crippen molar-refractivity contribution in [3.63, 3.8) is 0 Å². The first kappa shape index (κ1) is 21.2. The van der Waals surface area contributed by atoms with Gasteiger partial charge in [-0.05, 0) is 30.2 Å². The molecule has 146 valence electrons. The third-order valence-electron chi connectivity index (χ3n) is 3.98. The highest BCUT2D eigenvalue weighted by Crippen LogP contribution is 2.18. The molecule has 0 spiro atoms. The number of carbonyl (C=O) groups is 1. The van der Waals surface area contributed by atoms with Gasteiger partial charge < -0.3 is 10.1 Å². The van der Waals surface area contributed by atoms with Crippen LogP contribution in [0.1, 0.15) is 19.4 Å². The number of hydrogen-bond acceptors (Lipinski definition) is 4. The molecule has 2 N–H and O–H groups in total. The number of amides is 1. The van der Waals surface area contributed by atoms with Gasteiger partial charge in [0.25, 0.3) is 0 Å². The smallest absolute Gasteiger partial charge is 0.241 e. The van der Waals surface area contributed by atoms with Gasteiger partial charge in [-0.3, -0.25) is 4.79 Å². The number of hydrogen-bond donors (Lipinski definition) is 2. The molecule has 0 saturated heterocycles. The van der Waals surface area contributed by atoms with Crippen molar-refractivity contribution in [2.24, 2.45) is 5.92 Å². The van der Waals surface area contributed by atoms with Crippen molar-refractivity contribution < 1.29 is 17.9 Å². The van der Waals surface area contributed by atoms with Crippen molar-refractivity contribution in [3.05, 3.63) is 59.1 Å². The number of carbonyl (C=O) groups excluding carboxylic acids is 1. The van der Waals surface area contributed by atoms with E-state index in [4.69, 9.17) is 16.3 Å². The molecule has 2 aromatic carbocycles. The fourth-order valence-corrected chi connectivity index (χ4v) is 4.15. The standard InChI is InChI=1S/C19H23ClN2O4S/c1-13(2)18(22-27(24,25)16-9-6-8-15(20)11-16)19(23)21-12-14-7-4-5-10-17(14)26-3/h4-11,13,18,22H,12H2,1-3H3,(H,21,23)/t18-/m0/s1. The first-order valence-corrected chi connectivity index (χ1v) is 10.3. The number of sulfonamides is 1. The Morgan fingerprint density at radius 1 is 1.15 bits per heavy atom. The fraction of sp³-hybridized carbons (Fsp3) is 0.316. The Bertz CT molecular complexity index is 900. The lowest BCUT2D eigenvalue weighted by molar-refractivity contribution is -0.123. The van der Waals surface area contributed by atoms with Gasteiger partial charge in [0.15, 0.2) is 0 Å². The molecule has 2 rings (SSSR count). The highest BCUT2D eigenvalue weighted by Gasteiger charge is 2.28. The number of halogens is 1. The van der Waals surface area contributed by atoms with Crippen LogP contribution < -0.4 is 14.8 Å². The molecule has 0 aliphatic heterocycles. The Kier molecular flexibility index (Phi) is 7.24. The van der Waals surface area contributed by atoms with Crippen molar-refractivity contribution in [2.75, 3.05) is 7.11 Å². The molecule has 0 bridgehead atoms. The Morgan fingerprint density at radius 3 is 2.48 bits per heavy atom. The molecule has 0 aliphatic rings. The molecular weight excluding hydrogens is 388 g/mol. The maximum atomic E-state index is 12.6. The molecule has 0 fully saturated rings. The zero-order chi connectivity index (χ0) is 20.0. The molecule has 6 nitrogen and oxygen atoms in total. The second-order valence-corrected chi connectivity index (χ2v) is 8.48. The fourth-order valence-electron chi connectivity index (χ4n) is 2.50. The van der Waals surface area contributed by atoms with E-state index in [-0.39, 0.29) is 17.4 Å². The van der Waals surface area contributed by atoms with E-state index in [2.05, 4.69) is 10.0 Å². The molecule has 1 amide bonds. The molecule has 1 atom stereocenters. The van der Waals surface area contributed by atoms with Crippen LogP contribution in [0.2, 0.25) is 5.02 Å². The molecule has 0 heterocycles. The number of benzene rings is 2. The summed E-state index contributed by atoms with van der Waals surface area (Å²) in [6, 6.07) is 12.3. The lowest BCUT2D eigenvalue weighted by Crippen LogP contribution is -2.49. The summed E-state index contributed by atoms with van der Waals surface area (Å²) in [5, 5.41) is 3.07. The van der Waals surface area contributed by atoms with E-state index in [1.165, 1.54) is 12.1 Å². The highest BCUT2D eigenvalue weighted by atomic mass is 35.5. The third-order valence-corrected chi connectivity index (χ3v) is 5.66. The second kappa shape index (κ2) is 9.21. The van der Waals surface area contributed by atoms with Gasteiger partial charge >= 0.3 is 0 Å². The molecule has 0 aromatic heterocycles. The first-order valence-electron chi connectivity index (χ1n) is 8.42. The largest absolute Gasteiger partial charge is 0.496 e. The zero-order valence-corrected chi connectivity index (χ0v) is 17.0. The minimum Gasteiger partial charge on any atom is -0.496 e. The third kappa shape index (κ3) is 5.69. The summed E-state index contributed by atoms with van der Waals surface area (Å²) < 4.78 is 32.9.